The molecule has 0 atom stereocenters. The molecule has 0 radical (unpaired) electrons. The Morgan fingerprint density at radius 2 is 1.81 bits per heavy atom. The molecule has 0 saturated carbocycles. The highest BCUT2D eigenvalue weighted by atomic mass is 16.2. The van der Waals surface area contributed by atoms with Crippen molar-refractivity contribution in [3.8, 4) is 0 Å². The molecule has 3 aromatic rings. The largest absolute Gasteiger partial charge is 0.338 e. The fraction of sp³-hybridized carbons (Fsp3) is 0.333. The lowest BCUT2D eigenvalue weighted by molar-refractivity contribution is 0.0749. The van der Waals surface area contributed by atoms with Crippen LogP contribution in [0.25, 0.3) is 10.9 Å². The summed E-state index contributed by atoms with van der Waals surface area (Å²) in [5.74, 6) is 1.10. The molecule has 27 heavy (non-hydrogen) atoms. The predicted octanol–water partition coefficient (Wildman–Crippen LogP) is 4.34. The summed E-state index contributed by atoms with van der Waals surface area (Å²) in [7, 11) is 0. The normalized spacial score (nSPS) is 10.8. The van der Waals surface area contributed by atoms with Gasteiger partial charge in [0.05, 0.1) is 11.2 Å². The van der Waals surface area contributed by atoms with Crippen LogP contribution in [0.5, 0.6) is 0 Å². The highest BCUT2D eigenvalue weighted by Gasteiger charge is 2.17. The lowest BCUT2D eigenvalue weighted by Crippen LogP contribution is -2.33. The summed E-state index contributed by atoms with van der Waals surface area (Å²) < 4.78 is 0. The molecule has 6 heteroatoms. The van der Waals surface area contributed by atoms with Gasteiger partial charge < -0.3 is 10.2 Å². The number of pyridine rings is 1. The van der Waals surface area contributed by atoms with Crippen LogP contribution < -0.4 is 5.32 Å². The highest BCUT2D eigenvalue weighted by molar-refractivity contribution is 5.94. The van der Waals surface area contributed by atoms with Crippen LogP contribution in [0.1, 0.15) is 43.0 Å². The molecular weight excluding hydrogens is 338 g/mol. The molecule has 0 aliphatic heterocycles. The Hall–Kier alpha value is -3.02. The van der Waals surface area contributed by atoms with Gasteiger partial charge in [0.2, 0.25) is 0 Å². The van der Waals surface area contributed by atoms with E-state index < -0.39 is 0 Å². The average molecular weight is 363 g/mol. The monoisotopic (exact) mass is 363 g/mol. The van der Waals surface area contributed by atoms with Crippen molar-refractivity contribution in [1.29, 1.82) is 0 Å². The van der Waals surface area contributed by atoms with Crippen molar-refractivity contribution in [2.45, 2.75) is 33.6 Å². The van der Waals surface area contributed by atoms with Crippen LogP contribution in [-0.4, -0.2) is 38.8 Å². The topological polar surface area (TPSA) is 71.0 Å². The van der Waals surface area contributed by atoms with Crippen LogP contribution in [0.15, 0.2) is 42.6 Å². The molecule has 1 amide bonds. The molecule has 1 aromatic carbocycles. The summed E-state index contributed by atoms with van der Waals surface area (Å²) in [4.78, 5) is 28.0. The van der Waals surface area contributed by atoms with E-state index >= 15 is 0 Å². The van der Waals surface area contributed by atoms with Crippen LogP contribution in [-0.2, 0) is 0 Å². The molecule has 0 aliphatic carbocycles. The van der Waals surface area contributed by atoms with Gasteiger partial charge in [-0.25, -0.2) is 9.97 Å². The minimum absolute atomic E-state index is 0.0525. The quantitative estimate of drug-likeness (QED) is 0.676. The maximum absolute atomic E-state index is 12.9. The molecule has 1 N–H and O–H groups in total. The van der Waals surface area contributed by atoms with Crippen molar-refractivity contribution >= 4 is 28.3 Å². The lowest BCUT2D eigenvalue weighted by atomic mass is 10.2. The van der Waals surface area contributed by atoms with Crippen molar-refractivity contribution in [2.75, 3.05) is 18.4 Å². The number of rotatable bonds is 7. The molecule has 0 fully saturated rings. The molecule has 2 aromatic heterocycles. The Kier molecular flexibility index (Phi) is 5.96. The number of carbonyl (C=O) groups is 1. The first kappa shape index (κ1) is 18.8. The fourth-order valence-electron chi connectivity index (χ4n) is 3.10. The van der Waals surface area contributed by atoms with Gasteiger partial charge in [-0.3, -0.25) is 9.78 Å². The van der Waals surface area contributed by atoms with Gasteiger partial charge in [0.15, 0.2) is 0 Å². The van der Waals surface area contributed by atoms with E-state index in [0.29, 0.717) is 17.3 Å². The maximum Gasteiger partial charge on any atom is 0.272 e. The van der Waals surface area contributed by atoms with Crippen LogP contribution in [0.2, 0.25) is 0 Å². The second kappa shape index (κ2) is 8.58. The second-order valence-electron chi connectivity index (χ2n) is 6.48. The van der Waals surface area contributed by atoms with Crippen molar-refractivity contribution in [1.82, 2.24) is 19.9 Å². The zero-order valence-electron chi connectivity index (χ0n) is 16.1. The number of aromatic nitrogens is 3. The summed E-state index contributed by atoms with van der Waals surface area (Å²) in [6, 6.07) is 11.6. The third kappa shape index (κ3) is 4.39. The van der Waals surface area contributed by atoms with Gasteiger partial charge in [-0.15, -0.1) is 0 Å². The van der Waals surface area contributed by atoms with Crippen LogP contribution in [0, 0.1) is 6.92 Å². The smallest absolute Gasteiger partial charge is 0.272 e. The Morgan fingerprint density at radius 1 is 1.07 bits per heavy atom. The Balaban J connectivity index is 1.92. The molecule has 2 heterocycles. The molecule has 0 saturated heterocycles. The van der Waals surface area contributed by atoms with Gasteiger partial charge >= 0.3 is 0 Å². The molecule has 0 bridgehead atoms. The van der Waals surface area contributed by atoms with E-state index in [0.717, 1.165) is 42.5 Å². The number of nitrogens with one attached hydrogen (secondary N) is 1. The first-order valence-electron chi connectivity index (χ1n) is 9.38. The van der Waals surface area contributed by atoms with E-state index in [2.05, 4.69) is 34.1 Å². The third-order valence-corrected chi connectivity index (χ3v) is 4.23. The predicted molar refractivity (Wildman–Crippen MR) is 108 cm³/mol. The Morgan fingerprint density at radius 3 is 2.56 bits per heavy atom. The summed E-state index contributed by atoms with van der Waals surface area (Å²) in [6.07, 6.45) is 3.60. The molecule has 0 aliphatic rings. The van der Waals surface area contributed by atoms with E-state index in [9.17, 15) is 4.79 Å². The molecule has 6 nitrogen and oxygen atoms in total. The van der Waals surface area contributed by atoms with Crippen molar-refractivity contribution in [3.63, 3.8) is 0 Å². The standard InChI is InChI=1S/C21H25N5O/c1-4-12-26(13-5-2)21(27)18-14-19(24-15(3)23-18)25-17-10-6-8-16-9-7-11-22-20(16)17/h6-11,14H,4-5,12-13H2,1-3H3,(H,23,24,25). The summed E-state index contributed by atoms with van der Waals surface area (Å²) in [5, 5.41) is 4.34. The summed E-state index contributed by atoms with van der Waals surface area (Å²) in [5.41, 5.74) is 2.13. The number of fused-ring (bicyclic) bond motifs is 1. The van der Waals surface area contributed by atoms with Crippen LogP contribution >= 0.6 is 0 Å². The van der Waals surface area contributed by atoms with Gasteiger partial charge in [0.25, 0.3) is 5.91 Å². The van der Waals surface area contributed by atoms with Gasteiger partial charge in [-0.05, 0) is 31.9 Å². The second-order valence-corrected chi connectivity index (χ2v) is 6.48. The van der Waals surface area contributed by atoms with E-state index in [1.807, 2.05) is 35.2 Å². The molecule has 0 unspecified atom stereocenters. The van der Waals surface area contributed by atoms with Gasteiger partial charge in [-0.1, -0.05) is 32.0 Å². The molecule has 0 spiro atoms. The lowest BCUT2D eigenvalue weighted by Gasteiger charge is -2.21. The SMILES string of the molecule is CCCN(CCC)C(=O)c1cc(Nc2cccc3cccnc23)nc(C)n1. The summed E-state index contributed by atoms with van der Waals surface area (Å²) in [6.45, 7) is 7.40. The van der Waals surface area contributed by atoms with Crippen LogP contribution in [0.3, 0.4) is 0 Å². The first-order valence-corrected chi connectivity index (χ1v) is 9.38. The number of amides is 1. The highest BCUT2D eigenvalue weighted by Crippen LogP contribution is 2.24. The Labute approximate surface area is 159 Å². The number of nitrogens with zero attached hydrogens (tertiary/aromatic N) is 4. The number of hydrogen-bond donors (Lipinski definition) is 1. The number of benzene rings is 1. The van der Waals surface area contributed by atoms with E-state index in [1.165, 1.54) is 0 Å². The fourth-order valence-corrected chi connectivity index (χ4v) is 3.10. The number of para-hydroxylation sites is 1. The van der Waals surface area contributed by atoms with Gasteiger partial charge in [-0.2, -0.15) is 0 Å². The maximum atomic E-state index is 12.9. The number of aryl methyl sites for hydroxylation is 1. The van der Waals surface area contributed by atoms with Gasteiger partial charge in [0, 0.05) is 30.7 Å². The van der Waals surface area contributed by atoms with Crippen molar-refractivity contribution in [2.24, 2.45) is 0 Å². The van der Waals surface area contributed by atoms with Crippen LogP contribution in [0.4, 0.5) is 11.5 Å². The van der Waals surface area contributed by atoms with E-state index in [-0.39, 0.29) is 5.91 Å². The molecule has 140 valence electrons. The van der Waals surface area contributed by atoms with E-state index in [1.54, 1.807) is 19.2 Å². The average Bonchev–Trinajstić information content (AvgIpc) is 2.67. The number of anilines is 2. The molecule has 3 rings (SSSR count). The van der Waals surface area contributed by atoms with Gasteiger partial charge in [0.1, 0.15) is 17.3 Å². The number of hydrogen-bond acceptors (Lipinski definition) is 5. The zero-order chi connectivity index (χ0) is 19.2. The zero-order valence-corrected chi connectivity index (χ0v) is 16.1. The number of carbonyl (C=O) groups excluding carboxylic acids is 1. The first-order chi connectivity index (χ1) is 13.1. The molecular formula is C21H25N5O. The minimum Gasteiger partial charge on any atom is -0.338 e. The van der Waals surface area contributed by atoms with E-state index in [4.69, 9.17) is 0 Å². The summed E-state index contributed by atoms with van der Waals surface area (Å²) >= 11 is 0. The third-order valence-electron chi connectivity index (χ3n) is 4.23. The Bertz CT molecular complexity index is 930. The van der Waals surface area contributed by atoms with Crippen molar-refractivity contribution in [3.05, 3.63) is 54.1 Å². The van der Waals surface area contributed by atoms with Crippen molar-refractivity contribution < 1.29 is 4.79 Å². The minimum atomic E-state index is -0.0525.